The molecule has 3 aromatic carbocycles. The molecular weight excluding hydrogens is 643 g/mol. The zero-order chi connectivity index (χ0) is 31.1. The van der Waals surface area contributed by atoms with Gasteiger partial charge < -0.3 is 19.3 Å². The molecule has 1 amide bonds. The molecule has 2 aliphatic rings. The number of halogens is 2. The molecule has 1 N–H and O–H groups in total. The molecule has 230 valence electrons. The van der Waals surface area contributed by atoms with Gasteiger partial charge in [-0.1, -0.05) is 53.2 Å². The second-order valence-electron chi connectivity index (χ2n) is 10.1. The highest BCUT2D eigenvalue weighted by molar-refractivity contribution is 8.26. The van der Waals surface area contributed by atoms with Crippen LogP contribution in [0.5, 0.6) is 11.5 Å². The van der Waals surface area contributed by atoms with Gasteiger partial charge in [-0.05, 0) is 78.2 Å². The lowest BCUT2D eigenvalue weighted by Gasteiger charge is -2.26. The van der Waals surface area contributed by atoms with E-state index in [4.69, 9.17) is 54.7 Å². The Balaban J connectivity index is 1.25. The summed E-state index contributed by atoms with van der Waals surface area (Å²) in [7, 11) is 0. The second kappa shape index (κ2) is 15.2. The van der Waals surface area contributed by atoms with E-state index in [2.05, 4.69) is 4.90 Å². The fourth-order valence-electron chi connectivity index (χ4n) is 4.76. The van der Waals surface area contributed by atoms with Crippen LogP contribution in [0, 0.1) is 0 Å². The summed E-state index contributed by atoms with van der Waals surface area (Å²) in [5.74, 6) is 0.0984. The van der Waals surface area contributed by atoms with Crippen molar-refractivity contribution in [2.45, 2.75) is 6.42 Å². The Bertz CT molecular complexity index is 1540. The molecule has 2 aliphatic heterocycles. The van der Waals surface area contributed by atoms with Crippen molar-refractivity contribution in [2.75, 3.05) is 52.6 Å². The average molecular weight is 674 g/mol. The summed E-state index contributed by atoms with van der Waals surface area (Å²) < 4.78 is 17.8. The van der Waals surface area contributed by atoms with E-state index < -0.39 is 5.97 Å². The second-order valence-corrected chi connectivity index (χ2v) is 12.6. The third-order valence-corrected chi connectivity index (χ3v) is 8.83. The number of carbonyl (C=O) groups excluding carboxylic acids is 1. The van der Waals surface area contributed by atoms with Gasteiger partial charge in [0.1, 0.15) is 22.4 Å². The first kappa shape index (κ1) is 32.3. The van der Waals surface area contributed by atoms with E-state index in [1.165, 1.54) is 23.9 Å². The van der Waals surface area contributed by atoms with Crippen molar-refractivity contribution >= 4 is 69.5 Å². The Morgan fingerprint density at radius 2 is 1.70 bits per heavy atom. The number of ether oxygens (including phenoxy) is 3. The van der Waals surface area contributed by atoms with Crippen LogP contribution in [0.15, 0.2) is 65.6 Å². The monoisotopic (exact) mass is 672 g/mol. The average Bonchev–Trinajstić information content (AvgIpc) is 3.27. The summed E-state index contributed by atoms with van der Waals surface area (Å²) in [6.45, 7) is 5.26. The van der Waals surface area contributed by atoms with Gasteiger partial charge in [-0.2, -0.15) is 0 Å². The van der Waals surface area contributed by atoms with Crippen LogP contribution < -0.4 is 9.47 Å². The van der Waals surface area contributed by atoms with Crippen molar-refractivity contribution in [2.24, 2.45) is 0 Å². The van der Waals surface area contributed by atoms with E-state index >= 15 is 0 Å². The van der Waals surface area contributed by atoms with E-state index in [0.717, 1.165) is 49.5 Å². The number of hydrogen-bond acceptors (Lipinski definition) is 8. The van der Waals surface area contributed by atoms with E-state index in [9.17, 15) is 9.59 Å². The van der Waals surface area contributed by atoms with Gasteiger partial charge >= 0.3 is 5.97 Å². The smallest absolute Gasteiger partial charge is 0.335 e. The molecule has 0 saturated carbocycles. The molecule has 0 atom stereocenters. The maximum absolute atomic E-state index is 13.3. The molecule has 44 heavy (non-hydrogen) atoms. The molecule has 2 saturated heterocycles. The number of nitrogens with zero attached hydrogens (tertiary/aromatic N) is 2. The summed E-state index contributed by atoms with van der Waals surface area (Å²) in [4.78, 5) is 28.7. The van der Waals surface area contributed by atoms with E-state index in [-0.39, 0.29) is 11.5 Å². The highest BCUT2D eigenvalue weighted by Crippen LogP contribution is 2.37. The van der Waals surface area contributed by atoms with Crippen LogP contribution in [-0.4, -0.2) is 83.7 Å². The van der Waals surface area contributed by atoms with Gasteiger partial charge in [0.25, 0.3) is 5.91 Å². The number of carbonyl (C=O) groups is 2. The number of benzene rings is 3. The lowest BCUT2D eigenvalue weighted by molar-refractivity contribution is -0.122. The molecule has 2 heterocycles. The van der Waals surface area contributed by atoms with Gasteiger partial charge in [-0.25, -0.2) is 4.79 Å². The molecule has 2 fully saturated rings. The zero-order valence-corrected chi connectivity index (χ0v) is 26.8. The first-order valence-corrected chi connectivity index (χ1v) is 16.0. The third kappa shape index (κ3) is 8.53. The SMILES string of the molecule is O=C(O)c1ccc(OCCCN2C(=O)C(=Cc3ccc(OCCN4CCOCC4)c(-c4cc(Cl)cc(Cl)c4)c3)SC2=S)cc1. The number of thioether (sulfide) groups is 1. The summed E-state index contributed by atoms with van der Waals surface area (Å²) in [5, 5.41) is 10.1. The predicted molar refractivity (Wildman–Crippen MR) is 178 cm³/mol. The number of carboxylic acids is 1. The number of rotatable bonds is 12. The van der Waals surface area contributed by atoms with Crippen LogP contribution in [0.2, 0.25) is 10.0 Å². The number of morpholine rings is 1. The lowest BCUT2D eigenvalue weighted by Crippen LogP contribution is -2.38. The maximum Gasteiger partial charge on any atom is 0.335 e. The summed E-state index contributed by atoms with van der Waals surface area (Å²) >= 11 is 19.4. The highest BCUT2D eigenvalue weighted by atomic mass is 35.5. The summed E-state index contributed by atoms with van der Waals surface area (Å²) in [6, 6.07) is 17.3. The Labute approximate surface area is 275 Å². The number of hydrogen-bond donors (Lipinski definition) is 1. The number of amides is 1. The highest BCUT2D eigenvalue weighted by Gasteiger charge is 2.31. The fraction of sp³-hybridized carbons (Fsp3) is 0.281. The topological polar surface area (TPSA) is 88.5 Å². The Hall–Kier alpha value is -3.12. The molecule has 5 rings (SSSR count). The molecular formula is C32H30Cl2N2O6S2. The summed E-state index contributed by atoms with van der Waals surface area (Å²) in [6.07, 6.45) is 2.38. The number of aromatic carboxylic acids is 1. The van der Waals surface area contributed by atoms with Gasteiger partial charge in [0.05, 0.1) is 30.3 Å². The van der Waals surface area contributed by atoms with Crippen LogP contribution in [0.4, 0.5) is 0 Å². The standard InChI is InChI=1S/C32H30Cl2N2O6S2/c33-24-18-23(19-25(34)20-24)27-16-21(2-7-28(27)42-15-11-35-9-13-40-14-10-35)17-29-30(37)36(32(43)44-29)8-1-12-41-26-5-3-22(4-6-26)31(38)39/h2-7,16-20H,1,8-15H2,(H,38,39). The van der Waals surface area contributed by atoms with Crippen LogP contribution in [0.3, 0.4) is 0 Å². The lowest BCUT2D eigenvalue weighted by atomic mass is 10.0. The molecule has 3 aromatic rings. The van der Waals surface area contributed by atoms with Gasteiger partial charge in [0.15, 0.2) is 0 Å². The largest absolute Gasteiger partial charge is 0.494 e. The Morgan fingerprint density at radius 3 is 2.41 bits per heavy atom. The molecule has 0 bridgehead atoms. The normalized spacial score (nSPS) is 16.5. The van der Waals surface area contributed by atoms with E-state index in [0.29, 0.717) is 56.9 Å². The minimum absolute atomic E-state index is 0.163. The third-order valence-electron chi connectivity index (χ3n) is 7.01. The molecule has 12 heteroatoms. The van der Waals surface area contributed by atoms with Crippen molar-refractivity contribution in [3.63, 3.8) is 0 Å². The first-order valence-electron chi connectivity index (χ1n) is 14.0. The van der Waals surface area contributed by atoms with Crippen LogP contribution in [0.1, 0.15) is 22.3 Å². The van der Waals surface area contributed by atoms with Crippen molar-refractivity contribution in [1.82, 2.24) is 9.80 Å². The maximum atomic E-state index is 13.3. The fourth-order valence-corrected chi connectivity index (χ4v) is 6.59. The van der Waals surface area contributed by atoms with Crippen LogP contribution in [-0.2, 0) is 9.53 Å². The van der Waals surface area contributed by atoms with Crippen molar-refractivity contribution < 1.29 is 28.9 Å². The van der Waals surface area contributed by atoms with Crippen molar-refractivity contribution in [3.8, 4) is 22.6 Å². The van der Waals surface area contributed by atoms with E-state index in [1.807, 2.05) is 36.4 Å². The minimum Gasteiger partial charge on any atom is -0.494 e. The van der Waals surface area contributed by atoms with Crippen LogP contribution in [0.25, 0.3) is 17.2 Å². The predicted octanol–water partition coefficient (Wildman–Crippen LogP) is 6.74. The van der Waals surface area contributed by atoms with Gasteiger partial charge in [-0.15, -0.1) is 0 Å². The molecule has 8 nitrogen and oxygen atoms in total. The van der Waals surface area contributed by atoms with Gasteiger partial charge in [0.2, 0.25) is 0 Å². The summed E-state index contributed by atoms with van der Waals surface area (Å²) in [5.41, 5.74) is 2.62. The van der Waals surface area contributed by atoms with Crippen LogP contribution >= 0.6 is 47.2 Å². The molecule has 0 radical (unpaired) electrons. The Kier molecular flexibility index (Phi) is 11.2. The van der Waals surface area contributed by atoms with Gasteiger partial charge in [0, 0.05) is 41.8 Å². The zero-order valence-electron chi connectivity index (χ0n) is 23.7. The van der Waals surface area contributed by atoms with Gasteiger partial charge in [-0.3, -0.25) is 14.6 Å². The van der Waals surface area contributed by atoms with Crippen molar-refractivity contribution in [1.29, 1.82) is 0 Å². The van der Waals surface area contributed by atoms with E-state index in [1.54, 1.807) is 23.1 Å². The molecule has 0 spiro atoms. The number of carboxylic acid groups (broad SMARTS) is 1. The molecule has 0 aromatic heterocycles. The Morgan fingerprint density at radius 1 is 0.977 bits per heavy atom. The van der Waals surface area contributed by atoms with Crippen molar-refractivity contribution in [3.05, 3.63) is 86.7 Å². The molecule has 0 aliphatic carbocycles. The first-order chi connectivity index (χ1) is 21.3. The molecule has 0 unspecified atom stereocenters. The quantitative estimate of drug-likeness (QED) is 0.128. The number of thiocarbonyl (C=S) groups is 1. The minimum atomic E-state index is -0.993.